The molecule has 2 rings (SSSR count). The van der Waals surface area contributed by atoms with Crippen LogP contribution in [0.25, 0.3) is 0 Å². The van der Waals surface area contributed by atoms with Crippen molar-refractivity contribution in [2.75, 3.05) is 13.2 Å². The lowest BCUT2D eigenvalue weighted by molar-refractivity contribution is 0.173. The molecule has 0 saturated carbocycles. The lowest BCUT2D eigenvalue weighted by Crippen LogP contribution is -2.26. The van der Waals surface area contributed by atoms with Gasteiger partial charge in [-0.25, -0.2) is 0 Å². The zero-order valence-corrected chi connectivity index (χ0v) is 9.60. The van der Waals surface area contributed by atoms with Crippen LogP contribution < -0.4 is 0 Å². The van der Waals surface area contributed by atoms with Crippen LogP contribution in [-0.2, 0) is 4.74 Å². The number of allylic oxidation sites excluding steroid dienone is 3. The smallest absolute Gasteiger partial charge is 0.139 e. The molecular formula is C8H10INOS. The van der Waals surface area contributed by atoms with Crippen LogP contribution in [0.1, 0.15) is 12.8 Å². The van der Waals surface area contributed by atoms with Gasteiger partial charge in [0.15, 0.2) is 0 Å². The van der Waals surface area contributed by atoms with Crippen molar-refractivity contribution in [1.29, 1.82) is 0 Å². The molecule has 0 saturated heterocycles. The SMILES string of the molecule is ISN1CCOC2=C1CCC=C2. The molecule has 0 atom stereocenters. The van der Waals surface area contributed by atoms with Crippen LogP contribution in [0.2, 0.25) is 0 Å². The highest BCUT2D eigenvalue weighted by atomic mass is 127. The normalized spacial score (nSPS) is 22.2. The molecule has 0 spiro atoms. The third-order valence-electron chi connectivity index (χ3n) is 2.04. The Hall–Kier alpha value is 0.160. The molecule has 0 N–H and O–H groups in total. The Balaban J connectivity index is 2.24. The first-order valence-electron chi connectivity index (χ1n) is 4.00. The zero-order chi connectivity index (χ0) is 8.39. The van der Waals surface area contributed by atoms with Gasteiger partial charge < -0.3 is 9.04 Å². The van der Waals surface area contributed by atoms with Gasteiger partial charge in [0.1, 0.15) is 12.4 Å². The molecule has 0 aromatic rings. The van der Waals surface area contributed by atoms with Crippen molar-refractivity contribution in [1.82, 2.24) is 4.31 Å². The lowest BCUT2D eigenvalue weighted by Gasteiger charge is -2.31. The predicted octanol–water partition coefficient (Wildman–Crippen LogP) is 2.88. The van der Waals surface area contributed by atoms with E-state index in [-0.39, 0.29) is 0 Å². The van der Waals surface area contributed by atoms with Crippen molar-refractivity contribution in [2.45, 2.75) is 12.8 Å². The van der Waals surface area contributed by atoms with Gasteiger partial charge in [0.2, 0.25) is 0 Å². The largest absolute Gasteiger partial charge is 0.490 e. The van der Waals surface area contributed by atoms with Gasteiger partial charge in [-0.2, -0.15) is 0 Å². The summed E-state index contributed by atoms with van der Waals surface area (Å²) < 4.78 is 7.87. The molecule has 1 aliphatic heterocycles. The van der Waals surface area contributed by atoms with Crippen molar-refractivity contribution in [3.63, 3.8) is 0 Å². The third-order valence-corrected chi connectivity index (χ3v) is 4.03. The first-order chi connectivity index (χ1) is 5.92. The Kier molecular flexibility index (Phi) is 2.85. The van der Waals surface area contributed by atoms with E-state index in [0.717, 1.165) is 31.8 Å². The van der Waals surface area contributed by atoms with E-state index in [1.165, 1.54) is 5.70 Å². The Morgan fingerprint density at radius 3 is 3.33 bits per heavy atom. The van der Waals surface area contributed by atoms with Crippen molar-refractivity contribution < 1.29 is 4.74 Å². The van der Waals surface area contributed by atoms with Gasteiger partial charge in [-0.1, -0.05) is 6.08 Å². The van der Waals surface area contributed by atoms with Crippen LogP contribution in [0.5, 0.6) is 0 Å². The van der Waals surface area contributed by atoms with Gasteiger partial charge in [0.25, 0.3) is 0 Å². The maximum atomic E-state index is 5.55. The van der Waals surface area contributed by atoms with Gasteiger partial charge in [-0.15, -0.1) is 0 Å². The van der Waals surface area contributed by atoms with E-state index in [1.807, 2.05) is 0 Å². The quantitative estimate of drug-likeness (QED) is 0.545. The summed E-state index contributed by atoms with van der Waals surface area (Å²) in [5, 5.41) is 0. The lowest BCUT2D eigenvalue weighted by atomic mass is 10.1. The summed E-state index contributed by atoms with van der Waals surface area (Å²) >= 11 is 2.32. The summed E-state index contributed by atoms with van der Waals surface area (Å²) in [6.45, 7) is 1.83. The molecule has 0 unspecified atom stereocenters. The first-order valence-corrected chi connectivity index (χ1v) is 7.32. The fourth-order valence-electron chi connectivity index (χ4n) is 1.46. The molecule has 2 aliphatic rings. The van der Waals surface area contributed by atoms with Gasteiger partial charge in [0, 0.05) is 30.3 Å². The molecule has 0 radical (unpaired) electrons. The minimum atomic E-state index is 0.819. The highest BCUT2D eigenvalue weighted by Gasteiger charge is 2.20. The first kappa shape index (κ1) is 8.74. The van der Waals surface area contributed by atoms with E-state index >= 15 is 0 Å². The molecule has 1 heterocycles. The highest BCUT2D eigenvalue weighted by Crippen LogP contribution is 2.33. The molecule has 0 amide bonds. The van der Waals surface area contributed by atoms with Gasteiger partial charge in [0.05, 0.1) is 12.2 Å². The number of hydrogen-bond acceptors (Lipinski definition) is 3. The monoisotopic (exact) mass is 295 g/mol. The Labute approximate surface area is 88.7 Å². The molecule has 1 aliphatic carbocycles. The number of rotatable bonds is 1. The summed E-state index contributed by atoms with van der Waals surface area (Å²) in [6.07, 6.45) is 6.55. The average molecular weight is 295 g/mol. The van der Waals surface area contributed by atoms with E-state index in [2.05, 4.69) is 37.7 Å². The second-order valence-electron chi connectivity index (χ2n) is 2.77. The van der Waals surface area contributed by atoms with Crippen LogP contribution in [0, 0.1) is 0 Å². The third kappa shape index (κ3) is 1.59. The van der Waals surface area contributed by atoms with Crippen molar-refractivity contribution in [3.8, 4) is 0 Å². The number of halogens is 1. The summed E-state index contributed by atoms with van der Waals surface area (Å²) in [6, 6.07) is 0. The van der Waals surface area contributed by atoms with Crippen LogP contribution in [0.15, 0.2) is 23.6 Å². The molecule has 4 heteroatoms. The fraction of sp³-hybridized carbons (Fsp3) is 0.500. The van der Waals surface area contributed by atoms with Crippen molar-refractivity contribution in [2.24, 2.45) is 0 Å². The number of hydrogen-bond donors (Lipinski definition) is 0. The molecule has 0 aromatic carbocycles. The summed E-state index contributed by atoms with van der Waals surface area (Å²) in [4.78, 5) is 0. The summed E-state index contributed by atoms with van der Waals surface area (Å²) in [5.74, 6) is 1.08. The Morgan fingerprint density at radius 1 is 1.58 bits per heavy atom. The van der Waals surface area contributed by atoms with E-state index in [1.54, 1.807) is 9.12 Å². The topological polar surface area (TPSA) is 12.5 Å². The van der Waals surface area contributed by atoms with Crippen LogP contribution in [-0.4, -0.2) is 17.5 Å². The van der Waals surface area contributed by atoms with Gasteiger partial charge in [-0.3, -0.25) is 0 Å². The molecule has 0 fully saturated rings. The standard InChI is InChI=1S/C8H10INOS/c9-12-10-5-6-11-8-4-2-1-3-7(8)10/h2,4H,1,3,5-6H2. The Morgan fingerprint density at radius 2 is 2.50 bits per heavy atom. The molecular weight excluding hydrogens is 285 g/mol. The van der Waals surface area contributed by atoms with Crippen LogP contribution in [0.4, 0.5) is 0 Å². The molecule has 66 valence electrons. The van der Waals surface area contributed by atoms with Gasteiger partial charge >= 0.3 is 0 Å². The average Bonchev–Trinajstić information content (AvgIpc) is 2.17. The predicted molar refractivity (Wildman–Crippen MR) is 59.7 cm³/mol. The van der Waals surface area contributed by atoms with Crippen LogP contribution >= 0.6 is 30.3 Å². The second-order valence-corrected chi connectivity index (χ2v) is 4.53. The summed E-state index contributed by atoms with van der Waals surface area (Å²) in [7, 11) is 1.76. The Bertz CT molecular complexity index is 239. The van der Waals surface area contributed by atoms with E-state index in [0.29, 0.717) is 0 Å². The molecule has 2 nitrogen and oxygen atoms in total. The van der Waals surface area contributed by atoms with Crippen molar-refractivity contribution in [3.05, 3.63) is 23.6 Å². The van der Waals surface area contributed by atoms with Gasteiger partial charge in [-0.05, 0) is 18.9 Å². The van der Waals surface area contributed by atoms with E-state index in [4.69, 9.17) is 4.74 Å². The van der Waals surface area contributed by atoms with E-state index in [9.17, 15) is 0 Å². The van der Waals surface area contributed by atoms with Crippen molar-refractivity contribution >= 4 is 30.3 Å². The zero-order valence-electron chi connectivity index (χ0n) is 6.62. The second kappa shape index (κ2) is 3.91. The molecule has 0 aromatic heterocycles. The molecule has 12 heavy (non-hydrogen) atoms. The van der Waals surface area contributed by atoms with Crippen LogP contribution in [0.3, 0.4) is 0 Å². The number of ether oxygens (including phenoxy) is 1. The van der Waals surface area contributed by atoms with E-state index < -0.39 is 0 Å². The highest BCUT2D eigenvalue weighted by molar-refractivity contribution is 14.2. The molecule has 0 bridgehead atoms. The maximum absolute atomic E-state index is 5.55. The fourth-order valence-corrected chi connectivity index (χ4v) is 3.17. The minimum Gasteiger partial charge on any atom is -0.490 e. The summed E-state index contributed by atoms with van der Waals surface area (Å²) in [5.41, 5.74) is 1.36. The maximum Gasteiger partial charge on any atom is 0.139 e. The minimum absolute atomic E-state index is 0.819. The number of nitrogens with zero attached hydrogens (tertiary/aromatic N) is 1.